The third kappa shape index (κ3) is 3.04. The Bertz CT molecular complexity index is 586. The first-order valence-corrected chi connectivity index (χ1v) is 6.99. The zero-order chi connectivity index (χ0) is 13.1. The second-order valence-corrected chi connectivity index (χ2v) is 5.83. The van der Waals surface area contributed by atoms with Crippen LogP contribution < -0.4 is 5.73 Å². The van der Waals surface area contributed by atoms with Gasteiger partial charge in [0.2, 0.25) is 0 Å². The summed E-state index contributed by atoms with van der Waals surface area (Å²) in [4.78, 5) is 5.09. The second-order valence-electron chi connectivity index (χ2n) is 3.44. The highest BCUT2D eigenvalue weighted by Crippen LogP contribution is 2.32. The average molecular weight is 343 g/mol. The summed E-state index contributed by atoms with van der Waals surface area (Å²) >= 11 is 10.8. The average Bonchev–Trinajstić information content (AvgIpc) is 2.32. The van der Waals surface area contributed by atoms with Gasteiger partial charge in [0.25, 0.3) is 0 Å². The Morgan fingerprint density at radius 2 is 2.11 bits per heavy atom. The Labute approximate surface area is 122 Å². The molecule has 3 N–H and O–H groups in total. The van der Waals surface area contributed by atoms with E-state index >= 15 is 0 Å². The molecule has 1 aromatic carbocycles. The van der Waals surface area contributed by atoms with Crippen LogP contribution in [-0.2, 0) is 0 Å². The molecular weight excluding hydrogens is 334 g/mol. The fourth-order valence-electron chi connectivity index (χ4n) is 1.39. The van der Waals surface area contributed by atoms with E-state index < -0.39 is 0 Å². The molecule has 6 heteroatoms. The van der Waals surface area contributed by atoms with Gasteiger partial charge in [-0.25, -0.2) is 4.98 Å². The summed E-state index contributed by atoms with van der Waals surface area (Å²) in [5.74, 6) is -0.0415. The van der Waals surface area contributed by atoms with E-state index in [1.165, 1.54) is 11.8 Å². The molecule has 1 aromatic heterocycles. The number of hydrogen-bond donors (Lipinski definition) is 2. The summed E-state index contributed by atoms with van der Waals surface area (Å²) in [5.41, 5.74) is 6.10. The Hall–Kier alpha value is -1.04. The Morgan fingerprint density at radius 1 is 1.33 bits per heavy atom. The van der Waals surface area contributed by atoms with Crippen molar-refractivity contribution < 1.29 is 0 Å². The smallest absolute Gasteiger partial charge is 0.125 e. The number of aromatic nitrogens is 1. The number of nitrogens with zero attached hydrogens (tertiary/aromatic N) is 1. The van der Waals surface area contributed by atoms with E-state index in [9.17, 15) is 0 Å². The van der Waals surface area contributed by atoms with Gasteiger partial charge < -0.3 is 5.73 Å². The summed E-state index contributed by atoms with van der Waals surface area (Å²) in [5, 5.41) is 8.87. The van der Waals surface area contributed by atoms with Gasteiger partial charge in [-0.1, -0.05) is 29.4 Å². The zero-order valence-corrected chi connectivity index (χ0v) is 12.3. The van der Waals surface area contributed by atoms with E-state index in [-0.39, 0.29) is 5.84 Å². The van der Waals surface area contributed by atoms with Crippen molar-refractivity contribution in [2.75, 3.05) is 0 Å². The van der Waals surface area contributed by atoms with Crippen LogP contribution in [0.3, 0.4) is 0 Å². The highest BCUT2D eigenvalue weighted by molar-refractivity contribution is 9.10. The van der Waals surface area contributed by atoms with Gasteiger partial charge in [-0.2, -0.15) is 0 Å². The number of benzene rings is 1. The third-order valence-corrected chi connectivity index (χ3v) is 3.95. The van der Waals surface area contributed by atoms with Crippen molar-refractivity contribution >= 4 is 45.1 Å². The minimum absolute atomic E-state index is 0.0415. The number of pyridine rings is 1. The van der Waals surface area contributed by atoms with Crippen molar-refractivity contribution in [3.05, 3.63) is 51.6 Å². The van der Waals surface area contributed by atoms with Crippen molar-refractivity contribution in [3.63, 3.8) is 0 Å². The van der Waals surface area contributed by atoms with E-state index in [2.05, 4.69) is 20.9 Å². The van der Waals surface area contributed by atoms with Gasteiger partial charge in [0.15, 0.2) is 0 Å². The van der Waals surface area contributed by atoms with Gasteiger partial charge in [0.05, 0.1) is 5.02 Å². The molecule has 0 saturated heterocycles. The lowest BCUT2D eigenvalue weighted by atomic mass is 10.2. The minimum atomic E-state index is -0.0415. The molecule has 18 heavy (non-hydrogen) atoms. The molecule has 92 valence electrons. The van der Waals surface area contributed by atoms with Crippen LogP contribution in [0.4, 0.5) is 0 Å². The molecule has 0 amide bonds. The van der Waals surface area contributed by atoms with Gasteiger partial charge in [-0.15, -0.1) is 0 Å². The first-order valence-electron chi connectivity index (χ1n) is 5.00. The van der Waals surface area contributed by atoms with Crippen LogP contribution in [-0.4, -0.2) is 10.8 Å². The molecule has 0 bridgehead atoms. The molecule has 0 fully saturated rings. The SMILES string of the molecule is N=C(N)c1c(Cl)cccc1Sc1ccc(Br)cn1. The topological polar surface area (TPSA) is 62.8 Å². The van der Waals surface area contributed by atoms with E-state index in [4.69, 9.17) is 22.7 Å². The zero-order valence-electron chi connectivity index (χ0n) is 9.15. The highest BCUT2D eigenvalue weighted by Gasteiger charge is 2.11. The highest BCUT2D eigenvalue weighted by atomic mass is 79.9. The number of amidine groups is 1. The maximum Gasteiger partial charge on any atom is 0.125 e. The summed E-state index contributed by atoms with van der Waals surface area (Å²) in [6.45, 7) is 0. The molecule has 2 rings (SSSR count). The lowest BCUT2D eigenvalue weighted by Crippen LogP contribution is -2.13. The summed E-state index contributed by atoms with van der Waals surface area (Å²) in [7, 11) is 0. The van der Waals surface area contributed by atoms with Crippen molar-refractivity contribution in [1.29, 1.82) is 5.41 Å². The second kappa shape index (κ2) is 5.73. The van der Waals surface area contributed by atoms with Gasteiger partial charge in [0, 0.05) is 21.1 Å². The van der Waals surface area contributed by atoms with Crippen LogP contribution in [0.15, 0.2) is 50.9 Å². The number of halogens is 2. The number of nitrogens with one attached hydrogen (secondary N) is 1. The van der Waals surface area contributed by atoms with Gasteiger partial charge in [0.1, 0.15) is 10.9 Å². The van der Waals surface area contributed by atoms with Crippen molar-refractivity contribution in [2.45, 2.75) is 9.92 Å². The van der Waals surface area contributed by atoms with Crippen LogP contribution in [0.2, 0.25) is 5.02 Å². The van der Waals surface area contributed by atoms with Crippen molar-refractivity contribution in [2.24, 2.45) is 5.73 Å². The lowest BCUT2D eigenvalue weighted by molar-refractivity contribution is 1.12. The normalized spacial score (nSPS) is 10.3. The van der Waals surface area contributed by atoms with Gasteiger partial charge in [-0.3, -0.25) is 5.41 Å². The standard InChI is InChI=1S/C12H9BrClN3S/c13-7-4-5-10(17-6-7)18-9-3-1-2-8(14)11(9)12(15)16/h1-6H,(H3,15,16). The summed E-state index contributed by atoms with van der Waals surface area (Å²) in [6.07, 6.45) is 1.72. The molecule has 1 heterocycles. The minimum Gasteiger partial charge on any atom is -0.384 e. The first kappa shape index (κ1) is 13.4. The molecule has 0 aliphatic heterocycles. The fourth-order valence-corrected chi connectivity index (χ4v) is 2.89. The molecule has 0 aliphatic rings. The number of nitrogens with two attached hydrogens (primary N) is 1. The quantitative estimate of drug-likeness (QED) is 0.656. The number of hydrogen-bond acceptors (Lipinski definition) is 3. The lowest BCUT2D eigenvalue weighted by Gasteiger charge is -2.09. The largest absolute Gasteiger partial charge is 0.384 e. The van der Waals surface area contributed by atoms with Crippen molar-refractivity contribution in [1.82, 2.24) is 4.98 Å². The maximum atomic E-state index is 7.57. The first-order chi connectivity index (χ1) is 8.58. The molecule has 0 unspecified atom stereocenters. The molecule has 3 nitrogen and oxygen atoms in total. The molecule has 0 atom stereocenters. The maximum absolute atomic E-state index is 7.57. The fraction of sp³-hybridized carbons (Fsp3) is 0. The Kier molecular flexibility index (Phi) is 4.27. The molecular formula is C12H9BrClN3S. The van der Waals surface area contributed by atoms with Crippen LogP contribution in [0, 0.1) is 5.41 Å². The molecule has 0 spiro atoms. The van der Waals surface area contributed by atoms with E-state index in [1.807, 2.05) is 24.3 Å². The van der Waals surface area contributed by atoms with Crippen molar-refractivity contribution in [3.8, 4) is 0 Å². The third-order valence-electron chi connectivity index (χ3n) is 2.16. The molecule has 0 saturated carbocycles. The predicted octanol–water partition coefficient (Wildman–Crippen LogP) is 3.93. The van der Waals surface area contributed by atoms with E-state index in [0.29, 0.717) is 10.6 Å². The number of rotatable bonds is 3. The summed E-state index contributed by atoms with van der Waals surface area (Å²) in [6, 6.07) is 9.22. The van der Waals surface area contributed by atoms with Gasteiger partial charge >= 0.3 is 0 Å². The van der Waals surface area contributed by atoms with E-state index in [1.54, 1.807) is 12.3 Å². The van der Waals surface area contributed by atoms with E-state index in [0.717, 1.165) is 14.4 Å². The molecule has 0 aliphatic carbocycles. The Morgan fingerprint density at radius 3 is 2.72 bits per heavy atom. The Balaban J connectivity index is 2.37. The molecule has 0 radical (unpaired) electrons. The number of nitrogen functional groups attached to an aromatic ring is 1. The molecule has 2 aromatic rings. The van der Waals surface area contributed by atoms with Crippen LogP contribution in [0.1, 0.15) is 5.56 Å². The van der Waals surface area contributed by atoms with Gasteiger partial charge in [-0.05, 0) is 40.2 Å². The van der Waals surface area contributed by atoms with Crippen LogP contribution in [0.25, 0.3) is 0 Å². The predicted molar refractivity (Wildman–Crippen MR) is 78.5 cm³/mol. The summed E-state index contributed by atoms with van der Waals surface area (Å²) < 4.78 is 0.921. The monoisotopic (exact) mass is 341 g/mol. The van der Waals surface area contributed by atoms with Crippen LogP contribution in [0.5, 0.6) is 0 Å². The van der Waals surface area contributed by atoms with Crippen LogP contribution >= 0.6 is 39.3 Å².